The van der Waals surface area contributed by atoms with Gasteiger partial charge >= 0.3 is 0 Å². The molecule has 5 heteroatoms. The zero-order chi connectivity index (χ0) is 14.1. The van der Waals surface area contributed by atoms with Gasteiger partial charge in [0.15, 0.2) is 0 Å². The van der Waals surface area contributed by atoms with Gasteiger partial charge in [-0.2, -0.15) is 0 Å². The Morgan fingerprint density at radius 1 is 1.40 bits per heavy atom. The molecule has 106 valence electrons. The van der Waals surface area contributed by atoms with Crippen LogP contribution in [0.1, 0.15) is 23.3 Å². The van der Waals surface area contributed by atoms with E-state index in [9.17, 15) is 4.79 Å². The summed E-state index contributed by atoms with van der Waals surface area (Å²) in [4.78, 5) is 17.4. The molecule has 0 saturated carbocycles. The number of aliphatic hydroxyl groups is 1. The first-order valence-corrected chi connectivity index (χ1v) is 6.96. The van der Waals surface area contributed by atoms with Gasteiger partial charge in [0.05, 0.1) is 11.2 Å². The average molecular weight is 273 g/mol. The number of para-hydroxylation sites is 1. The van der Waals surface area contributed by atoms with E-state index in [4.69, 9.17) is 10.8 Å². The third-order valence-corrected chi connectivity index (χ3v) is 4.08. The Morgan fingerprint density at radius 3 is 2.80 bits per heavy atom. The van der Waals surface area contributed by atoms with Crippen LogP contribution in [0.15, 0.2) is 24.3 Å². The molecular formula is C15H19N3O2. The molecule has 2 heterocycles. The molecule has 5 nitrogen and oxygen atoms in total. The van der Waals surface area contributed by atoms with E-state index in [1.54, 1.807) is 0 Å². The maximum absolute atomic E-state index is 12.5. The highest BCUT2D eigenvalue weighted by Crippen LogP contribution is 2.23. The molecule has 20 heavy (non-hydrogen) atoms. The number of amides is 1. The first-order chi connectivity index (χ1) is 9.69. The summed E-state index contributed by atoms with van der Waals surface area (Å²) < 4.78 is 0. The zero-order valence-electron chi connectivity index (χ0n) is 11.3. The van der Waals surface area contributed by atoms with Gasteiger partial charge in [0.1, 0.15) is 5.69 Å². The van der Waals surface area contributed by atoms with Crippen LogP contribution >= 0.6 is 0 Å². The molecule has 0 atom stereocenters. The SMILES string of the molecule is Nc1cccc2cc(C(=O)N3CCC(CO)CC3)[nH]c12. The van der Waals surface area contributed by atoms with Crippen LogP contribution in [-0.2, 0) is 0 Å². The van der Waals surface area contributed by atoms with Gasteiger partial charge in [-0.25, -0.2) is 0 Å². The molecular weight excluding hydrogens is 254 g/mol. The van der Waals surface area contributed by atoms with Gasteiger partial charge in [-0.15, -0.1) is 0 Å². The molecule has 4 N–H and O–H groups in total. The lowest BCUT2D eigenvalue weighted by atomic mass is 9.98. The lowest BCUT2D eigenvalue weighted by Gasteiger charge is -2.30. The van der Waals surface area contributed by atoms with Gasteiger partial charge < -0.3 is 20.7 Å². The second-order valence-electron chi connectivity index (χ2n) is 5.41. The van der Waals surface area contributed by atoms with E-state index in [2.05, 4.69) is 4.98 Å². The van der Waals surface area contributed by atoms with Crippen LogP contribution < -0.4 is 5.73 Å². The standard InChI is InChI=1S/C15H19N3O2/c16-12-3-1-2-11-8-13(17-14(11)12)15(20)18-6-4-10(9-19)5-7-18/h1-3,8,10,17,19H,4-7,9,16H2. The number of likely N-dealkylation sites (tertiary alicyclic amines) is 1. The van der Waals surface area contributed by atoms with Crippen LogP contribution in [0.2, 0.25) is 0 Å². The van der Waals surface area contributed by atoms with Gasteiger partial charge in [0.2, 0.25) is 0 Å². The van der Waals surface area contributed by atoms with Crippen molar-refractivity contribution >= 4 is 22.5 Å². The number of anilines is 1. The summed E-state index contributed by atoms with van der Waals surface area (Å²) in [6.07, 6.45) is 1.73. The molecule has 0 bridgehead atoms. The third-order valence-electron chi connectivity index (χ3n) is 4.08. The number of nitrogens with one attached hydrogen (secondary N) is 1. The number of hydrogen-bond acceptors (Lipinski definition) is 3. The van der Waals surface area contributed by atoms with Gasteiger partial charge in [-0.3, -0.25) is 4.79 Å². The molecule has 1 aromatic carbocycles. The van der Waals surface area contributed by atoms with E-state index in [0.29, 0.717) is 30.4 Å². The summed E-state index contributed by atoms with van der Waals surface area (Å²) >= 11 is 0. The lowest BCUT2D eigenvalue weighted by molar-refractivity contribution is 0.0646. The number of aromatic nitrogens is 1. The zero-order valence-corrected chi connectivity index (χ0v) is 11.3. The normalized spacial score (nSPS) is 16.8. The number of benzene rings is 1. The Labute approximate surface area is 117 Å². The van der Waals surface area contributed by atoms with Crippen LogP contribution in [0.4, 0.5) is 5.69 Å². The Morgan fingerprint density at radius 2 is 2.15 bits per heavy atom. The van der Waals surface area contributed by atoms with E-state index >= 15 is 0 Å². The number of hydrogen-bond donors (Lipinski definition) is 3. The molecule has 0 radical (unpaired) electrons. The molecule has 1 aliphatic heterocycles. The number of carbonyl (C=O) groups is 1. The topological polar surface area (TPSA) is 82.3 Å². The summed E-state index contributed by atoms with van der Waals surface area (Å²) in [5, 5.41) is 10.1. The molecule has 1 saturated heterocycles. The highest BCUT2D eigenvalue weighted by molar-refractivity contribution is 6.00. The quantitative estimate of drug-likeness (QED) is 0.727. The predicted octanol–water partition coefficient (Wildman–Crippen LogP) is 1.59. The Bertz CT molecular complexity index is 627. The van der Waals surface area contributed by atoms with Crippen molar-refractivity contribution in [3.05, 3.63) is 30.0 Å². The highest BCUT2D eigenvalue weighted by atomic mass is 16.3. The summed E-state index contributed by atoms with van der Waals surface area (Å²) in [6, 6.07) is 7.50. The van der Waals surface area contributed by atoms with Crippen molar-refractivity contribution < 1.29 is 9.90 Å². The number of aliphatic hydroxyl groups excluding tert-OH is 1. The number of nitrogens with two attached hydrogens (primary N) is 1. The number of aromatic amines is 1. The van der Waals surface area contributed by atoms with E-state index in [1.165, 1.54) is 0 Å². The summed E-state index contributed by atoms with van der Waals surface area (Å²) in [6.45, 7) is 1.62. The van der Waals surface area contributed by atoms with Gasteiger partial charge in [0, 0.05) is 25.1 Å². The van der Waals surface area contributed by atoms with Crippen molar-refractivity contribution in [2.45, 2.75) is 12.8 Å². The number of fused-ring (bicyclic) bond motifs is 1. The molecule has 1 aliphatic rings. The van der Waals surface area contributed by atoms with Gasteiger partial charge in [-0.05, 0) is 30.9 Å². The number of nitrogens with zero attached hydrogens (tertiary/aromatic N) is 1. The average Bonchev–Trinajstić information content (AvgIpc) is 2.92. The van der Waals surface area contributed by atoms with Crippen molar-refractivity contribution in [3.63, 3.8) is 0 Å². The van der Waals surface area contributed by atoms with Crippen molar-refractivity contribution in [2.24, 2.45) is 5.92 Å². The summed E-state index contributed by atoms with van der Waals surface area (Å²) in [5.41, 5.74) is 7.96. The van der Waals surface area contributed by atoms with Crippen LogP contribution in [0, 0.1) is 5.92 Å². The summed E-state index contributed by atoms with van der Waals surface area (Å²) in [7, 11) is 0. The van der Waals surface area contributed by atoms with Gasteiger partial charge in [0.25, 0.3) is 5.91 Å². The fraction of sp³-hybridized carbons (Fsp3) is 0.400. The number of carbonyl (C=O) groups excluding carboxylic acids is 1. The smallest absolute Gasteiger partial charge is 0.270 e. The van der Waals surface area contributed by atoms with Crippen LogP contribution in [0.5, 0.6) is 0 Å². The molecule has 1 fully saturated rings. The predicted molar refractivity (Wildman–Crippen MR) is 78.4 cm³/mol. The molecule has 0 unspecified atom stereocenters. The molecule has 3 rings (SSSR count). The molecule has 1 aromatic heterocycles. The summed E-state index contributed by atoms with van der Waals surface area (Å²) in [5.74, 6) is 0.342. The number of piperidine rings is 1. The number of nitrogen functional groups attached to an aromatic ring is 1. The number of H-pyrrole nitrogens is 1. The fourth-order valence-corrected chi connectivity index (χ4v) is 2.78. The Hall–Kier alpha value is -2.01. The minimum atomic E-state index is 0.0111. The maximum Gasteiger partial charge on any atom is 0.270 e. The fourth-order valence-electron chi connectivity index (χ4n) is 2.78. The van der Waals surface area contributed by atoms with Crippen LogP contribution in [0.25, 0.3) is 10.9 Å². The minimum Gasteiger partial charge on any atom is -0.397 e. The van der Waals surface area contributed by atoms with Crippen molar-refractivity contribution in [1.82, 2.24) is 9.88 Å². The molecule has 2 aromatic rings. The Kier molecular flexibility index (Phi) is 3.36. The van der Waals surface area contributed by atoms with E-state index in [0.717, 1.165) is 23.7 Å². The second kappa shape index (κ2) is 5.17. The first kappa shape index (κ1) is 13.0. The van der Waals surface area contributed by atoms with E-state index < -0.39 is 0 Å². The highest BCUT2D eigenvalue weighted by Gasteiger charge is 2.24. The van der Waals surface area contributed by atoms with E-state index in [1.807, 2.05) is 29.2 Å². The van der Waals surface area contributed by atoms with E-state index in [-0.39, 0.29) is 12.5 Å². The third kappa shape index (κ3) is 2.25. The van der Waals surface area contributed by atoms with Gasteiger partial charge in [-0.1, -0.05) is 12.1 Å². The van der Waals surface area contributed by atoms with Crippen LogP contribution in [-0.4, -0.2) is 40.6 Å². The van der Waals surface area contributed by atoms with Crippen molar-refractivity contribution in [3.8, 4) is 0 Å². The monoisotopic (exact) mass is 273 g/mol. The van der Waals surface area contributed by atoms with Crippen molar-refractivity contribution in [2.75, 3.05) is 25.4 Å². The Balaban J connectivity index is 1.81. The largest absolute Gasteiger partial charge is 0.397 e. The van der Waals surface area contributed by atoms with Crippen molar-refractivity contribution in [1.29, 1.82) is 0 Å². The first-order valence-electron chi connectivity index (χ1n) is 6.96. The second-order valence-corrected chi connectivity index (χ2v) is 5.41. The lowest BCUT2D eigenvalue weighted by Crippen LogP contribution is -2.39. The molecule has 0 spiro atoms. The maximum atomic E-state index is 12.5. The minimum absolute atomic E-state index is 0.0111. The number of rotatable bonds is 2. The van der Waals surface area contributed by atoms with Crippen LogP contribution in [0.3, 0.4) is 0 Å². The molecule has 0 aliphatic carbocycles. The molecule has 1 amide bonds.